The summed E-state index contributed by atoms with van der Waals surface area (Å²) < 4.78 is 38.4. The second-order valence-electron chi connectivity index (χ2n) is 6.90. The van der Waals surface area contributed by atoms with Crippen molar-refractivity contribution in [1.29, 1.82) is 0 Å². The number of hydrogen-bond donors (Lipinski definition) is 2. The van der Waals surface area contributed by atoms with Crippen LogP contribution in [0.5, 0.6) is 0 Å². The van der Waals surface area contributed by atoms with Crippen molar-refractivity contribution in [2.75, 3.05) is 26.4 Å². The molecular formula is C15H31O8P. The van der Waals surface area contributed by atoms with Crippen molar-refractivity contribution in [1.82, 2.24) is 0 Å². The molecule has 0 amide bonds. The standard InChI is InChI=1S/C15H31O8P/c1-6-12(22-14(2,3)11-16)7-8-20-24(17,18)21-10-13-9-19-15(4,5)23-13/h12-13,16H,6-11H2,1-5H3,(H,17,18)/t12-,13-/m1/s1. The highest BCUT2D eigenvalue weighted by Crippen LogP contribution is 2.44. The van der Waals surface area contributed by atoms with Gasteiger partial charge in [0.15, 0.2) is 5.79 Å². The minimum atomic E-state index is -4.15. The molecule has 1 unspecified atom stereocenters. The summed E-state index contributed by atoms with van der Waals surface area (Å²) in [6, 6.07) is 0. The molecule has 0 radical (unpaired) electrons. The van der Waals surface area contributed by atoms with E-state index in [-0.39, 0.29) is 25.9 Å². The molecule has 8 nitrogen and oxygen atoms in total. The Kier molecular flexibility index (Phi) is 8.29. The largest absolute Gasteiger partial charge is 0.472 e. The highest BCUT2D eigenvalue weighted by Gasteiger charge is 2.34. The first-order valence-electron chi connectivity index (χ1n) is 8.21. The van der Waals surface area contributed by atoms with Crippen molar-refractivity contribution < 1.29 is 37.8 Å². The lowest BCUT2D eigenvalue weighted by Crippen LogP contribution is -2.34. The summed E-state index contributed by atoms with van der Waals surface area (Å²) in [4.78, 5) is 9.70. The summed E-state index contributed by atoms with van der Waals surface area (Å²) in [6.45, 7) is 9.15. The number of aliphatic hydroxyl groups excluding tert-OH is 1. The maximum absolute atomic E-state index is 11.9. The monoisotopic (exact) mass is 370 g/mol. The van der Waals surface area contributed by atoms with E-state index in [0.717, 1.165) is 0 Å². The average molecular weight is 370 g/mol. The van der Waals surface area contributed by atoms with Crippen LogP contribution in [0.2, 0.25) is 0 Å². The first kappa shape index (κ1) is 22.0. The van der Waals surface area contributed by atoms with Gasteiger partial charge in [-0.3, -0.25) is 9.05 Å². The lowest BCUT2D eigenvalue weighted by molar-refractivity contribution is -0.142. The zero-order chi connectivity index (χ0) is 18.4. The van der Waals surface area contributed by atoms with E-state index in [1.54, 1.807) is 27.7 Å². The molecule has 0 spiro atoms. The molecule has 1 aliphatic heterocycles. The summed E-state index contributed by atoms with van der Waals surface area (Å²) in [6.07, 6.45) is 0.538. The Balaban J connectivity index is 2.30. The van der Waals surface area contributed by atoms with Crippen LogP contribution < -0.4 is 0 Å². The fraction of sp³-hybridized carbons (Fsp3) is 1.00. The molecule has 0 saturated carbocycles. The fourth-order valence-electron chi connectivity index (χ4n) is 2.19. The van der Waals surface area contributed by atoms with Crippen LogP contribution in [0.1, 0.15) is 47.5 Å². The third-order valence-electron chi connectivity index (χ3n) is 3.51. The predicted octanol–water partition coefficient (Wildman–Crippen LogP) is 2.23. The number of phosphoric acid groups is 1. The molecule has 0 aromatic carbocycles. The highest BCUT2D eigenvalue weighted by atomic mass is 31.2. The van der Waals surface area contributed by atoms with E-state index in [1.165, 1.54) is 0 Å². The van der Waals surface area contributed by atoms with Gasteiger partial charge in [0.25, 0.3) is 0 Å². The Labute approximate surface area is 144 Å². The van der Waals surface area contributed by atoms with E-state index in [1.807, 2.05) is 6.92 Å². The highest BCUT2D eigenvalue weighted by molar-refractivity contribution is 7.47. The molecule has 3 atom stereocenters. The minimum Gasteiger partial charge on any atom is -0.393 e. The van der Waals surface area contributed by atoms with Gasteiger partial charge < -0.3 is 24.2 Å². The average Bonchev–Trinajstić information content (AvgIpc) is 2.83. The van der Waals surface area contributed by atoms with Crippen LogP contribution in [0.15, 0.2) is 0 Å². The summed E-state index contributed by atoms with van der Waals surface area (Å²) in [5.74, 6) is -0.709. The molecule has 1 saturated heterocycles. The van der Waals surface area contributed by atoms with E-state index < -0.39 is 25.3 Å². The first-order chi connectivity index (χ1) is 11.0. The number of aliphatic hydroxyl groups is 1. The van der Waals surface area contributed by atoms with Crippen molar-refractivity contribution in [2.24, 2.45) is 0 Å². The van der Waals surface area contributed by atoms with Crippen molar-refractivity contribution in [3.8, 4) is 0 Å². The minimum absolute atomic E-state index is 0.0152. The van der Waals surface area contributed by atoms with Crippen molar-refractivity contribution in [2.45, 2.75) is 71.1 Å². The molecule has 1 rings (SSSR count). The number of ether oxygens (including phenoxy) is 3. The van der Waals surface area contributed by atoms with Crippen LogP contribution in [0, 0.1) is 0 Å². The maximum atomic E-state index is 11.9. The number of phosphoric ester groups is 1. The molecule has 0 aliphatic carbocycles. The van der Waals surface area contributed by atoms with Gasteiger partial charge in [0.1, 0.15) is 6.10 Å². The van der Waals surface area contributed by atoms with Gasteiger partial charge in [0.05, 0.1) is 38.1 Å². The lowest BCUT2D eigenvalue weighted by atomic mass is 10.1. The first-order valence-corrected chi connectivity index (χ1v) is 9.70. The van der Waals surface area contributed by atoms with Crippen LogP contribution in [0.4, 0.5) is 0 Å². The van der Waals surface area contributed by atoms with Crippen LogP contribution in [0.3, 0.4) is 0 Å². The van der Waals surface area contributed by atoms with Crippen molar-refractivity contribution in [3.63, 3.8) is 0 Å². The molecule has 1 aliphatic rings. The topological polar surface area (TPSA) is 104 Å². The van der Waals surface area contributed by atoms with E-state index in [2.05, 4.69) is 0 Å². The zero-order valence-corrected chi connectivity index (χ0v) is 16.1. The quantitative estimate of drug-likeness (QED) is 0.534. The van der Waals surface area contributed by atoms with Crippen LogP contribution in [-0.2, 0) is 27.8 Å². The fourth-order valence-corrected chi connectivity index (χ4v) is 2.96. The van der Waals surface area contributed by atoms with Gasteiger partial charge in [-0.1, -0.05) is 6.92 Å². The molecule has 1 heterocycles. The van der Waals surface area contributed by atoms with Gasteiger partial charge in [0.2, 0.25) is 0 Å². The van der Waals surface area contributed by atoms with Crippen molar-refractivity contribution >= 4 is 7.82 Å². The smallest absolute Gasteiger partial charge is 0.393 e. The molecule has 1 fully saturated rings. The van der Waals surface area contributed by atoms with Gasteiger partial charge in [0, 0.05) is 0 Å². The maximum Gasteiger partial charge on any atom is 0.472 e. The van der Waals surface area contributed by atoms with E-state index in [9.17, 15) is 14.6 Å². The molecule has 144 valence electrons. The number of rotatable bonds is 11. The van der Waals surface area contributed by atoms with Crippen LogP contribution in [-0.4, -0.2) is 60.0 Å². The van der Waals surface area contributed by atoms with E-state index in [4.69, 9.17) is 23.3 Å². The third-order valence-corrected chi connectivity index (χ3v) is 4.49. The van der Waals surface area contributed by atoms with Crippen LogP contribution >= 0.6 is 7.82 Å². The molecule has 0 aromatic heterocycles. The van der Waals surface area contributed by atoms with Gasteiger partial charge in [-0.05, 0) is 40.5 Å². The van der Waals surface area contributed by atoms with Crippen LogP contribution in [0.25, 0.3) is 0 Å². The van der Waals surface area contributed by atoms with Crippen molar-refractivity contribution in [3.05, 3.63) is 0 Å². The lowest BCUT2D eigenvalue weighted by Gasteiger charge is -2.28. The normalized spacial score (nSPS) is 24.7. The Morgan fingerprint density at radius 1 is 1.38 bits per heavy atom. The molecule has 0 aromatic rings. The Morgan fingerprint density at radius 2 is 2.04 bits per heavy atom. The number of hydrogen-bond acceptors (Lipinski definition) is 7. The zero-order valence-electron chi connectivity index (χ0n) is 15.2. The van der Waals surface area contributed by atoms with E-state index >= 15 is 0 Å². The molecular weight excluding hydrogens is 339 g/mol. The van der Waals surface area contributed by atoms with Gasteiger partial charge >= 0.3 is 7.82 Å². The second kappa shape index (κ2) is 9.05. The third kappa shape index (κ3) is 8.36. The predicted molar refractivity (Wildman–Crippen MR) is 87.6 cm³/mol. The van der Waals surface area contributed by atoms with E-state index in [0.29, 0.717) is 19.4 Å². The van der Waals surface area contributed by atoms with Gasteiger partial charge in [-0.25, -0.2) is 4.57 Å². The Bertz CT molecular complexity index is 426. The summed E-state index contributed by atoms with van der Waals surface area (Å²) >= 11 is 0. The SMILES string of the molecule is CC[C@H](CCOP(=O)(O)OC[C@H]1COC(C)(C)O1)OC(C)(C)CO. The molecule has 24 heavy (non-hydrogen) atoms. The summed E-state index contributed by atoms with van der Waals surface area (Å²) in [7, 11) is -4.15. The molecule has 2 N–H and O–H groups in total. The van der Waals surface area contributed by atoms with Gasteiger partial charge in [-0.15, -0.1) is 0 Å². The Hall–Kier alpha value is -0.0500. The van der Waals surface area contributed by atoms with Gasteiger partial charge in [-0.2, -0.15) is 0 Å². The second-order valence-corrected chi connectivity index (χ2v) is 8.36. The molecule has 0 bridgehead atoms. The summed E-state index contributed by atoms with van der Waals surface area (Å²) in [5.41, 5.74) is -0.660. The Morgan fingerprint density at radius 3 is 2.54 bits per heavy atom. The summed E-state index contributed by atoms with van der Waals surface area (Å²) in [5, 5.41) is 9.22. The molecule has 9 heteroatoms.